The zero-order valence-electron chi connectivity index (χ0n) is 31.5. The molecular weight excluding hydrogens is 736 g/mol. The first-order valence-corrected chi connectivity index (χ1v) is 20.2. The summed E-state index contributed by atoms with van der Waals surface area (Å²) in [6.07, 6.45) is 1.59. The van der Waals surface area contributed by atoms with E-state index in [-0.39, 0.29) is 30.7 Å². The predicted molar refractivity (Wildman–Crippen MR) is 210 cm³/mol. The molecule has 7 heteroatoms. The van der Waals surface area contributed by atoms with Crippen molar-refractivity contribution in [2.24, 2.45) is 0 Å². The summed E-state index contributed by atoms with van der Waals surface area (Å²) < 4.78 is 27.2. The van der Waals surface area contributed by atoms with Gasteiger partial charge in [0.1, 0.15) is 0 Å². The Bertz CT molecular complexity index is 1770. The van der Waals surface area contributed by atoms with Gasteiger partial charge in [-0.2, -0.15) is 0 Å². The van der Waals surface area contributed by atoms with Gasteiger partial charge in [0, 0.05) is 37.9 Å². The Morgan fingerprint density at radius 2 is 1.12 bits per heavy atom. The van der Waals surface area contributed by atoms with Gasteiger partial charge < -0.3 is 10.3 Å². The van der Waals surface area contributed by atoms with Crippen LogP contribution in [0, 0.1) is 0 Å². The minimum absolute atomic E-state index is 0. The van der Waals surface area contributed by atoms with Crippen molar-refractivity contribution in [2.75, 3.05) is 12.0 Å². The predicted octanol–water partition coefficient (Wildman–Crippen LogP) is 11.1. The molecular formula is C42H57NO3PPdS-. The van der Waals surface area contributed by atoms with Gasteiger partial charge in [-0.25, -0.2) is 8.42 Å². The summed E-state index contributed by atoms with van der Waals surface area (Å²) in [6, 6.07) is 31.5. The van der Waals surface area contributed by atoms with Crippen LogP contribution in [0.1, 0.15) is 116 Å². The molecule has 49 heavy (non-hydrogen) atoms. The number of rotatable bonds is 9. The van der Waals surface area contributed by atoms with Crippen LogP contribution in [0.15, 0.2) is 84.9 Å². The maximum atomic E-state index is 9.08. The fraction of sp³-hybridized carbons (Fsp3) is 0.429. The monoisotopic (exact) mass is 792 g/mol. The SMILES string of the molecule is CC(C)c1cc(C(C)C)c(-c2ccccc2P(C(C)(C)C)C(C)(C)Cc2ccccc2-c2ccccc2N)c(C(C)C)c1.CS(=O)(=O)[O-].[Pd]. The van der Waals surface area contributed by atoms with Gasteiger partial charge in [-0.3, -0.25) is 0 Å². The molecule has 4 rings (SSSR count). The van der Waals surface area contributed by atoms with Crippen molar-refractivity contribution in [1.82, 2.24) is 0 Å². The van der Waals surface area contributed by atoms with Gasteiger partial charge in [0.25, 0.3) is 0 Å². The average molecular weight is 793 g/mol. The molecule has 0 spiro atoms. The van der Waals surface area contributed by atoms with E-state index in [2.05, 4.69) is 149 Å². The summed E-state index contributed by atoms with van der Waals surface area (Å²) >= 11 is 0. The quantitative estimate of drug-likeness (QED) is 0.0792. The summed E-state index contributed by atoms with van der Waals surface area (Å²) in [7, 11) is -4.53. The van der Waals surface area contributed by atoms with Crippen molar-refractivity contribution < 1.29 is 33.4 Å². The van der Waals surface area contributed by atoms with Crippen molar-refractivity contribution >= 4 is 29.0 Å². The van der Waals surface area contributed by atoms with E-state index >= 15 is 0 Å². The fourth-order valence-electron chi connectivity index (χ4n) is 6.97. The average Bonchev–Trinajstić information content (AvgIpc) is 2.95. The minimum atomic E-state index is -3.92. The summed E-state index contributed by atoms with van der Waals surface area (Å²) in [6.45, 7) is 26.4. The largest absolute Gasteiger partial charge is 0.748 e. The molecule has 0 aliphatic rings. The minimum Gasteiger partial charge on any atom is -0.748 e. The molecule has 4 nitrogen and oxygen atoms in total. The van der Waals surface area contributed by atoms with E-state index in [4.69, 9.17) is 18.7 Å². The normalized spacial score (nSPS) is 12.8. The van der Waals surface area contributed by atoms with E-state index < -0.39 is 18.0 Å². The molecule has 0 saturated heterocycles. The fourth-order valence-corrected chi connectivity index (χ4v) is 11.1. The van der Waals surface area contributed by atoms with Gasteiger partial charge in [-0.15, -0.1) is 0 Å². The maximum absolute atomic E-state index is 9.08. The first-order valence-electron chi connectivity index (χ1n) is 17.0. The number of hydrogen-bond donors (Lipinski definition) is 1. The van der Waals surface area contributed by atoms with Crippen molar-refractivity contribution in [3.05, 3.63) is 107 Å². The van der Waals surface area contributed by atoms with Crippen molar-refractivity contribution in [3.63, 3.8) is 0 Å². The third kappa shape index (κ3) is 11.3. The Balaban J connectivity index is 0.00000129. The van der Waals surface area contributed by atoms with Crippen LogP contribution >= 0.6 is 7.92 Å². The van der Waals surface area contributed by atoms with E-state index in [1.807, 2.05) is 12.1 Å². The van der Waals surface area contributed by atoms with Crippen molar-refractivity contribution in [2.45, 2.75) is 111 Å². The third-order valence-electron chi connectivity index (χ3n) is 8.71. The van der Waals surface area contributed by atoms with Crippen LogP contribution in [0.5, 0.6) is 0 Å². The van der Waals surface area contributed by atoms with Crippen LogP contribution < -0.4 is 11.0 Å². The molecule has 1 unspecified atom stereocenters. The van der Waals surface area contributed by atoms with Gasteiger partial charge in [0.15, 0.2) is 0 Å². The van der Waals surface area contributed by atoms with Gasteiger partial charge in [-0.1, -0.05) is 163 Å². The first kappa shape index (κ1) is 42.8. The van der Waals surface area contributed by atoms with E-state index in [0.717, 1.165) is 17.7 Å². The van der Waals surface area contributed by atoms with Crippen LogP contribution in [0.25, 0.3) is 22.3 Å². The molecule has 0 bridgehead atoms. The summed E-state index contributed by atoms with van der Waals surface area (Å²) in [5, 5.41) is 1.65. The second kappa shape index (κ2) is 17.3. The molecule has 4 aromatic carbocycles. The Kier molecular flexibility index (Phi) is 15.1. The van der Waals surface area contributed by atoms with Gasteiger partial charge >= 0.3 is 0 Å². The number of nitrogens with two attached hydrogens (primary N) is 1. The molecule has 0 radical (unpaired) electrons. The molecule has 0 saturated carbocycles. The smallest absolute Gasteiger partial charge is 0.0916 e. The number of nitrogen functional groups attached to an aromatic ring is 1. The molecule has 2 N–H and O–H groups in total. The molecule has 0 aromatic heterocycles. The second-order valence-corrected chi connectivity index (χ2v) is 20.6. The van der Waals surface area contributed by atoms with Crippen LogP contribution in [0.4, 0.5) is 5.69 Å². The van der Waals surface area contributed by atoms with Crippen LogP contribution in [-0.4, -0.2) is 29.5 Å². The Hall–Kier alpha value is -2.32. The van der Waals surface area contributed by atoms with Gasteiger partial charge in [-0.05, 0) is 84.8 Å². The van der Waals surface area contributed by atoms with Gasteiger partial charge in [0.2, 0.25) is 0 Å². The van der Waals surface area contributed by atoms with E-state index in [1.165, 1.54) is 44.2 Å². The molecule has 270 valence electrons. The number of benzene rings is 4. The van der Waals surface area contributed by atoms with Crippen molar-refractivity contribution in [3.8, 4) is 22.3 Å². The maximum Gasteiger partial charge on any atom is 0.0916 e. The van der Waals surface area contributed by atoms with E-state index in [0.29, 0.717) is 24.0 Å². The van der Waals surface area contributed by atoms with Crippen LogP contribution in [0.2, 0.25) is 0 Å². The summed E-state index contributed by atoms with van der Waals surface area (Å²) in [5.41, 5.74) is 18.4. The van der Waals surface area contributed by atoms with E-state index in [1.54, 1.807) is 0 Å². The topological polar surface area (TPSA) is 83.2 Å². The Morgan fingerprint density at radius 1 is 0.694 bits per heavy atom. The molecule has 1 atom stereocenters. The van der Waals surface area contributed by atoms with E-state index in [9.17, 15) is 0 Å². The number of hydrogen-bond acceptors (Lipinski definition) is 4. The Morgan fingerprint density at radius 3 is 1.57 bits per heavy atom. The number of para-hydroxylation sites is 1. The first-order chi connectivity index (χ1) is 22.1. The van der Waals surface area contributed by atoms with Crippen LogP contribution in [-0.2, 0) is 37.0 Å². The second-order valence-electron chi connectivity index (χ2n) is 15.5. The summed E-state index contributed by atoms with van der Waals surface area (Å²) in [5.74, 6) is 1.39. The molecule has 0 aliphatic heterocycles. The molecule has 0 amide bonds. The summed E-state index contributed by atoms with van der Waals surface area (Å²) in [4.78, 5) is 0. The molecule has 0 aliphatic carbocycles. The Labute approximate surface area is 312 Å². The van der Waals surface area contributed by atoms with Gasteiger partial charge in [0.05, 0.1) is 10.1 Å². The molecule has 0 heterocycles. The number of anilines is 1. The van der Waals surface area contributed by atoms with Crippen molar-refractivity contribution in [1.29, 1.82) is 0 Å². The zero-order chi connectivity index (χ0) is 36.2. The van der Waals surface area contributed by atoms with Crippen LogP contribution in [0.3, 0.4) is 0 Å². The molecule has 0 fully saturated rings. The third-order valence-corrected chi connectivity index (χ3v) is 12.3. The molecule has 4 aromatic rings. The zero-order valence-corrected chi connectivity index (χ0v) is 34.8. The standard InChI is InChI=1S/C41H54NP.CH4O3S.Pd/c1-27(2)31-24-35(28(3)4)39(36(25-31)29(5)6)34-21-15-17-23-38(34)43(40(7,8)9)41(10,11)26-30-18-12-13-19-32(30)33-20-14-16-22-37(33)42;1-5(2,3)4;/h12-25,27-29H,26,42H2,1-11H3;1H3,(H,2,3,4);/p-1.